The molecule has 0 bridgehead atoms. The van der Waals surface area contributed by atoms with Crippen molar-refractivity contribution in [2.45, 2.75) is 13.3 Å². The maximum Gasteiger partial charge on any atom is 0.262 e. The van der Waals surface area contributed by atoms with Crippen molar-refractivity contribution >= 4 is 17.5 Å². The van der Waals surface area contributed by atoms with Gasteiger partial charge in [0.15, 0.2) is 18.1 Å². The maximum absolute atomic E-state index is 12.0. The molecule has 0 aliphatic carbocycles. The molecule has 6 nitrogen and oxygen atoms in total. The molecule has 0 aliphatic rings. The normalized spacial score (nSPS) is 10.1. The number of amides is 2. The Morgan fingerprint density at radius 1 is 1.12 bits per heavy atom. The first-order valence-electron chi connectivity index (χ1n) is 7.53. The summed E-state index contributed by atoms with van der Waals surface area (Å²) in [5.41, 5.74) is 7.34. The average Bonchev–Trinajstić information content (AvgIpc) is 2.60. The van der Waals surface area contributed by atoms with Crippen molar-refractivity contribution in [2.75, 3.05) is 19.0 Å². The van der Waals surface area contributed by atoms with Crippen LogP contribution < -0.4 is 20.5 Å². The Balaban J connectivity index is 2.04. The molecule has 126 valence electrons. The number of anilines is 1. The first-order valence-corrected chi connectivity index (χ1v) is 7.53. The fourth-order valence-corrected chi connectivity index (χ4v) is 2.18. The molecule has 0 aromatic heterocycles. The van der Waals surface area contributed by atoms with Crippen LogP contribution in [-0.2, 0) is 11.2 Å². The van der Waals surface area contributed by atoms with Crippen LogP contribution in [0.5, 0.6) is 11.5 Å². The van der Waals surface area contributed by atoms with Crippen molar-refractivity contribution < 1.29 is 19.1 Å². The third-order valence-electron chi connectivity index (χ3n) is 3.46. The fraction of sp³-hybridized carbons (Fsp3) is 0.222. The number of methoxy groups -OCH3 is 1. The van der Waals surface area contributed by atoms with Crippen LogP contribution >= 0.6 is 0 Å². The van der Waals surface area contributed by atoms with E-state index < -0.39 is 5.91 Å². The summed E-state index contributed by atoms with van der Waals surface area (Å²) in [6.07, 6.45) is 0.932. The van der Waals surface area contributed by atoms with Crippen molar-refractivity contribution in [2.24, 2.45) is 5.73 Å². The SMILES string of the molecule is CCc1ccc(NC(=O)COc2c(OC)cccc2C(N)=O)cc1. The summed E-state index contributed by atoms with van der Waals surface area (Å²) in [4.78, 5) is 23.5. The van der Waals surface area contributed by atoms with E-state index >= 15 is 0 Å². The highest BCUT2D eigenvalue weighted by Gasteiger charge is 2.16. The van der Waals surface area contributed by atoms with Gasteiger partial charge in [0.25, 0.3) is 11.8 Å². The van der Waals surface area contributed by atoms with E-state index in [4.69, 9.17) is 15.2 Å². The molecule has 0 saturated heterocycles. The van der Waals surface area contributed by atoms with Crippen LogP contribution in [0.25, 0.3) is 0 Å². The second kappa shape index (κ2) is 8.01. The van der Waals surface area contributed by atoms with E-state index in [-0.39, 0.29) is 23.8 Å². The summed E-state index contributed by atoms with van der Waals surface area (Å²) in [6.45, 7) is 1.79. The van der Waals surface area contributed by atoms with Gasteiger partial charge in [-0.25, -0.2) is 0 Å². The van der Waals surface area contributed by atoms with Gasteiger partial charge >= 0.3 is 0 Å². The minimum Gasteiger partial charge on any atom is -0.493 e. The van der Waals surface area contributed by atoms with Crippen LogP contribution in [0.4, 0.5) is 5.69 Å². The molecule has 0 heterocycles. The number of carbonyl (C=O) groups is 2. The predicted molar refractivity (Wildman–Crippen MR) is 91.5 cm³/mol. The molecular formula is C18H20N2O4. The highest BCUT2D eigenvalue weighted by molar-refractivity contribution is 5.97. The molecule has 0 radical (unpaired) electrons. The minimum absolute atomic E-state index is 0.156. The number of ether oxygens (including phenoxy) is 2. The molecule has 2 aromatic rings. The second-order valence-corrected chi connectivity index (χ2v) is 5.09. The van der Waals surface area contributed by atoms with Crippen molar-refractivity contribution in [3.8, 4) is 11.5 Å². The zero-order valence-electron chi connectivity index (χ0n) is 13.7. The molecule has 0 unspecified atom stereocenters. The van der Waals surface area contributed by atoms with Gasteiger partial charge in [-0.05, 0) is 36.2 Å². The molecule has 6 heteroatoms. The summed E-state index contributed by atoms with van der Waals surface area (Å²) in [5, 5.41) is 2.73. The van der Waals surface area contributed by atoms with Crippen LogP contribution in [0.15, 0.2) is 42.5 Å². The van der Waals surface area contributed by atoms with Crippen molar-refractivity contribution in [1.29, 1.82) is 0 Å². The quantitative estimate of drug-likeness (QED) is 0.816. The minimum atomic E-state index is -0.653. The Bertz CT molecular complexity index is 726. The largest absolute Gasteiger partial charge is 0.493 e. The second-order valence-electron chi connectivity index (χ2n) is 5.09. The number of rotatable bonds is 7. The van der Waals surface area contributed by atoms with E-state index in [0.29, 0.717) is 11.4 Å². The van der Waals surface area contributed by atoms with Gasteiger partial charge in [-0.2, -0.15) is 0 Å². The first-order chi connectivity index (χ1) is 11.5. The lowest BCUT2D eigenvalue weighted by Crippen LogP contribution is -2.22. The smallest absolute Gasteiger partial charge is 0.262 e. The van der Waals surface area contributed by atoms with E-state index in [1.807, 2.05) is 24.3 Å². The molecule has 0 aliphatic heterocycles. The Hall–Kier alpha value is -3.02. The Morgan fingerprint density at radius 3 is 2.42 bits per heavy atom. The molecule has 2 rings (SSSR count). The summed E-state index contributed by atoms with van der Waals surface area (Å²) >= 11 is 0. The van der Waals surface area contributed by atoms with Gasteiger partial charge in [-0.1, -0.05) is 25.1 Å². The molecule has 0 fully saturated rings. The lowest BCUT2D eigenvalue weighted by molar-refractivity contribution is -0.118. The number of hydrogen-bond donors (Lipinski definition) is 2. The molecule has 2 aromatic carbocycles. The number of para-hydroxylation sites is 1. The number of hydrogen-bond acceptors (Lipinski definition) is 4. The molecule has 0 spiro atoms. The van der Waals surface area contributed by atoms with E-state index in [1.54, 1.807) is 12.1 Å². The van der Waals surface area contributed by atoms with Crippen LogP contribution in [0.1, 0.15) is 22.8 Å². The summed E-state index contributed by atoms with van der Waals surface area (Å²) < 4.78 is 10.6. The number of benzene rings is 2. The summed E-state index contributed by atoms with van der Waals surface area (Å²) in [6, 6.07) is 12.3. The van der Waals surface area contributed by atoms with E-state index in [1.165, 1.54) is 18.7 Å². The lowest BCUT2D eigenvalue weighted by atomic mass is 10.1. The summed E-state index contributed by atoms with van der Waals surface area (Å²) in [5.74, 6) is -0.504. The molecular weight excluding hydrogens is 308 g/mol. The highest BCUT2D eigenvalue weighted by atomic mass is 16.5. The van der Waals surface area contributed by atoms with Crippen LogP contribution in [0, 0.1) is 0 Å². The van der Waals surface area contributed by atoms with Crippen molar-refractivity contribution in [3.05, 3.63) is 53.6 Å². The van der Waals surface area contributed by atoms with Gasteiger partial charge in [0.1, 0.15) is 0 Å². The molecule has 0 atom stereocenters. The topological polar surface area (TPSA) is 90.7 Å². The fourth-order valence-electron chi connectivity index (χ4n) is 2.18. The lowest BCUT2D eigenvalue weighted by Gasteiger charge is -2.13. The van der Waals surface area contributed by atoms with Gasteiger partial charge in [-0.15, -0.1) is 0 Å². The van der Waals surface area contributed by atoms with E-state index in [0.717, 1.165) is 6.42 Å². The van der Waals surface area contributed by atoms with Crippen LogP contribution in [0.2, 0.25) is 0 Å². The van der Waals surface area contributed by atoms with E-state index in [2.05, 4.69) is 12.2 Å². The number of nitrogens with one attached hydrogen (secondary N) is 1. The van der Waals surface area contributed by atoms with Crippen LogP contribution in [-0.4, -0.2) is 25.5 Å². The first kappa shape index (κ1) is 17.3. The molecule has 3 N–H and O–H groups in total. The Morgan fingerprint density at radius 2 is 1.83 bits per heavy atom. The standard InChI is InChI=1S/C18H20N2O4/c1-3-12-7-9-13(10-8-12)20-16(21)11-24-17-14(18(19)22)5-4-6-15(17)23-2/h4-10H,3,11H2,1-2H3,(H2,19,22)(H,20,21). The maximum atomic E-state index is 12.0. The van der Waals surface area contributed by atoms with Crippen molar-refractivity contribution in [1.82, 2.24) is 0 Å². The number of carbonyl (C=O) groups excluding carboxylic acids is 2. The third kappa shape index (κ3) is 4.25. The average molecular weight is 328 g/mol. The zero-order chi connectivity index (χ0) is 17.5. The molecule has 0 saturated carbocycles. The third-order valence-corrected chi connectivity index (χ3v) is 3.46. The number of aryl methyl sites for hydroxylation is 1. The predicted octanol–water partition coefficient (Wildman–Crippen LogP) is 2.37. The number of primary amides is 1. The van der Waals surface area contributed by atoms with Gasteiger partial charge in [0.05, 0.1) is 12.7 Å². The summed E-state index contributed by atoms with van der Waals surface area (Å²) in [7, 11) is 1.45. The van der Waals surface area contributed by atoms with E-state index in [9.17, 15) is 9.59 Å². The molecule has 24 heavy (non-hydrogen) atoms. The van der Waals surface area contributed by atoms with Gasteiger partial charge < -0.3 is 20.5 Å². The van der Waals surface area contributed by atoms with Crippen LogP contribution in [0.3, 0.4) is 0 Å². The van der Waals surface area contributed by atoms with Gasteiger partial charge in [-0.3, -0.25) is 9.59 Å². The highest BCUT2D eigenvalue weighted by Crippen LogP contribution is 2.30. The zero-order valence-corrected chi connectivity index (χ0v) is 13.7. The number of nitrogens with two attached hydrogens (primary N) is 1. The van der Waals surface area contributed by atoms with Gasteiger partial charge in [0.2, 0.25) is 0 Å². The molecule has 2 amide bonds. The Labute approximate surface area is 140 Å². The van der Waals surface area contributed by atoms with Gasteiger partial charge in [0, 0.05) is 5.69 Å². The Kier molecular flexibility index (Phi) is 5.78. The van der Waals surface area contributed by atoms with Crippen molar-refractivity contribution in [3.63, 3.8) is 0 Å². The monoisotopic (exact) mass is 328 g/mol.